The molecule has 1 aliphatic carbocycles. The van der Waals surface area contributed by atoms with Crippen molar-refractivity contribution in [2.45, 2.75) is 38.1 Å². The average Bonchev–Trinajstić information content (AvgIpc) is 3.17. The number of rotatable bonds is 5. The lowest BCUT2D eigenvalue weighted by Gasteiger charge is -2.35. The molecule has 3 aliphatic rings. The molecule has 6 heteroatoms. The third-order valence-corrected chi connectivity index (χ3v) is 5.71. The van der Waals surface area contributed by atoms with Crippen LogP contribution >= 0.6 is 0 Å². The first-order valence-electron chi connectivity index (χ1n) is 9.80. The fourth-order valence-electron chi connectivity index (χ4n) is 4.17. The van der Waals surface area contributed by atoms with Crippen molar-refractivity contribution in [3.05, 3.63) is 23.8 Å². The van der Waals surface area contributed by atoms with E-state index in [4.69, 9.17) is 14.2 Å². The molecule has 6 nitrogen and oxygen atoms in total. The first kappa shape index (κ1) is 17.6. The number of hydrogen-bond donors (Lipinski definition) is 1. The number of carbonyl (C=O) groups is 1. The highest BCUT2D eigenvalue weighted by Gasteiger charge is 2.27. The molecule has 26 heavy (non-hydrogen) atoms. The van der Waals surface area contributed by atoms with Crippen LogP contribution < -0.4 is 14.8 Å². The number of amides is 1. The van der Waals surface area contributed by atoms with Crippen LogP contribution in [-0.4, -0.2) is 50.4 Å². The number of hydrogen-bond acceptors (Lipinski definition) is 5. The van der Waals surface area contributed by atoms with Crippen LogP contribution in [0.1, 0.15) is 43.7 Å². The summed E-state index contributed by atoms with van der Waals surface area (Å²) < 4.78 is 16.5. The summed E-state index contributed by atoms with van der Waals surface area (Å²) in [7, 11) is 0. The van der Waals surface area contributed by atoms with Crippen molar-refractivity contribution in [1.82, 2.24) is 10.2 Å². The van der Waals surface area contributed by atoms with Gasteiger partial charge in [0.05, 0.1) is 19.3 Å². The Hall–Kier alpha value is -1.79. The van der Waals surface area contributed by atoms with E-state index in [9.17, 15) is 4.79 Å². The lowest BCUT2D eigenvalue weighted by atomic mass is 9.88. The Morgan fingerprint density at radius 2 is 1.88 bits per heavy atom. The summed E-state index contributed by atoms with van der Waals surface area (Å²) in [5, 5.41) is 3.22. The van der Waals surface area contributed by atoms with Crippen LogP contribution in [0.4, 0.5) is 0 Å². The van der Waals surface area contributed by atoms with Gasteiger partial charge in [0, 0.05) is 25.6 Å². The Morgan fingerprint density at radius 1 is 1.12 bits per heavy atom. The van der Waals surface area contributed by atoms with E-state index in [-0.39, 0.29) is 24.7 Å². The first-order chi connectivity index (χ1) is 12.8. The van der Waals surface area contributed by atoms with Crippen LogP contribution in [0.3, 0.4) is 0 Å². The van der Waals surface area contributed by atoms with E-state index in [1.807, 2.05) is 6.07 Å². The van der Waals surface area contributed by atoms with Crippen molar-refractivity contribution >= 4 is 5.91 Å². The second-order valence-corrected chi connectivity index (χ2v) is 7.36. The third kappa shape index (κ3) is 3.96. The number of benzene rings is 1. The van der Waals surface area contributed by atoms with Gasteiger partial charge in [0.1, 0.15) is 0 Å². The molecule has 1 aromatic rings. The molecule has 2 aliphatic heterocycles. The van der Waals surface area contributed by atoms with Gasteiger partial charge in [-0.15, -0.1) is 0 Å². The summed E-state index contributed by atoms with van der Waals surface area (Å²) in [5.41, 5.74) is 1.15. The van der Waals surface area contributed by atoms with Crippen molar-refractivity contribution in [3.63, 3.8) is 0 Å². The molecule has 1 N–H and O–H groups in total. The minimum atomic E-state index is 0.126. The molecule has 0 unspecified atom stereocenters. The van der Waals surface area contributed by atoms with Gasteiger partial charge in [-0.1, -0.05) is 25.3 Å². The predicted octanol–water partition coefficient (Wildman–Crippen LogP) is 2.49. The summed E-state index contributed by atoms with van der Waals surface area (Å²) in [6, 6.07) is 6.23. The van der Waals surface area contributed by atoms with Crippen molar-refractivity contribution in [2.75, 3.05) is 39.6 Å². The van der Waals surface area contributed by atoms with Crippen molar-refractivity contribution in [2.24, 2.45) is 5.92 Å². The number of ether oxygens (including phenoxy) is 3. The van der Waals surface area contributed by atoms with E-state index in [1.165, 1.54) is 19.3 Å². The number of fused-ring (bicyclic) bond motifs is 1. The molecule has 142 valence electrons. The summed E-state index contributed by atoms with van der Waals surface area (Å²) >= 11 is 0. The normalized spacial score (nSPS) is 22.2. The summed E-state index contributed by atoms with van der Waals surface area (Å²) in [4.78, 5) is 15.0. The van der Waals surface area contributed by atoms with Crippen molar-refractivity contribution in [3.8, 4) is 11.5 Å². The molecular formula is C20H28N2O4. The van der Waals surface area contributed by atoms with E-state index in [1.54, 1.807) is 0 Å². The van der Waals surface area contributed by atoms with Crippen LogP contribution in [0.15, 0.2) is 18.2 Å². The summed E-state index contributed by atoms with van der Waals surface area (Å²) in [6.45, 7) is 4.11. The lowest BCUT2D eigenvalue weighted by molar-refractivity contribution is -0.126. The van der Waals surface area contributed by atoms with E-state index in [2.05, 4.69) is 22.3 Å². The Bertz CT molecular complexity index is 624. The van der Waals surface area contributed by atoms with E-state index in [0.29, 0.717) is 6.54 Å². The minimum Gasteiger partial charge on any atom is -0.454 e. The monoisotopic (exact) mass is 360 g/mol. The van der Waals surface area contributed by atoms with Gasteiger partial charge in [0.15, 0.2) is 11.5 Å². The zero-order valence-corrected chi connectivity index (χ0v) is 15.2. The van der Waals surface area contributed by atoms with Crippen LogP contribution in [0.5, 0.6) is 11.5 Å². The molecule has 0 spiro atoms. The molecule has 1 saturated carbocycles. The third-order valence-electron chi connectivity index (χ3n) is 5.71. The molecule has 0 aromatic heterocycles. The first-order valence-corrected chi connectivity index (χ1v) is 9.80. The molecule has 1 aromatic carbocycles. The van der Waals surface area contributed by atoms with E-state index < -0.39 is 0 Å². The highest BCUT2D eigenvalue weighted by Crippen LogP contribution is 2.35. The van der Waals surface area contributed by atoms with Gasteiger partial charge < -0.3 is 19.5 Å². The maximum absolute atomic E-state index is 12.6. The Balaban J connectivity index is 1.46. The maximum atomic E-state index is 12.6. The smallest absolute Gasteiger partial charge is 0.231 e. The molecule has 4 rings (SSSR count). The van der Waals surface area contributed by atoms with Gasteiger partial charge in [-0.3, -0.25) is 9.69 Å². The summed E-state index contributed by atoms with van der Waals surface area (Å²) in [5.74, 6) is 1.98. The topological polar surface area (TPSA) is 60.0 Å². The molecule has 1 atom stereocenters. The van der Waals surface area contributed by atoms with Crippen LogP contribution in [0.25, 0.3) is 0 Å². The Kier molecular flexibility index (Phi) is 5.60. The quantitative estimate of drug-likeness (QED) is 0.874. The van der Waals surface area contributed by atoms with Crippen molar-refractivity contribution < 1.29 is 19.0 Å². The average molecular weight is 360 g/mol. The zero-order valence-electron chi connectivity index (χ0n) is 15.2. The molecule has 2 fully saturated rings. The fraction of sp³-hybridized carbons (Fsp3) is 0.650. The second-order valence-electron chi connectivity index (χ2n) is 7.36. The van der Waals surface area contributed by atoms with Gasteiger partial charge in [0.25, 0.3) is 0 Å². The van der Waals surface area contributed by atoms with E-state index >= 15 is 0 Å². The van der Waals surface area contributed by atoms with Gasteiger partial charge in [0.2, 0.25) is 12.7 Å². The lowest BCUT2D eigenvalue weighted by Crippen LogP contribution is -2.44. The van der Waals surface area contributed by atoms with Gasteiger partial charge >= 0.3 is 0 Å². The Labute approximate surface area is 154 Å². The molecule has 0 bridgehead atoms. The molecule has 1 saturated heterocycles. The number of carbonyl (C=O) groups excluding carboxylic acids is 1. The fourth-order valence-corrected chi connectivity index (χ4v) is 4.17. The molecule has 2 heterocycles. The van der Waals surface area contributed by atoms with Crippen LogP contribution in [0, 0.1) is 5.92 Å². The predicted molar refractivity (Wildman–Crippen MR) is 97.3 cm³/mol. The molecular weight excluding hydrogens is 332 g/mol. The summed E-state index contributed by atoms with van der Waals surface area (Å²) in [6.07, 6.45) is 5.66. The highest BCUT2D eigenvalue weighted by atomic mass is 16.7. The minimum absolute atomic E-state index is 0.126. The van der Waals surface area contributed by atoms with Crippen LogP contribution in [-0.2, 0) is 9.53 Å². The number of nitrogens with zero attached hydrogens (tertiary/aromatic N) is 1. The molecule has 1 amide bonds. The Morgan fingerprint density at radius 3 is 2.69 bits per heavy atom. The number of morpholine rings is 1. The highest BCUT2D eigenvalue weighted by molar-refractivity contribution is 5.78. The number of nitrogens with one attached hydrogen (secondary N) is 1. The maximum Gasteiger partial charge on any atom is 0.231 e. The largest absolute Gasteiger partial charge is 0.454 e. The second kappa shape index (κ2) is 8.27. The SMILES string of the molecule is O=C(NC[C@H](c1ccc2c(c1)OCO2)N1CCOCC1)C1CCCCC1. The van der Waals surface area contributed by atoms with Gasteiger partial charge in [-0.2, -0.15) is 0 Å². The van der Waals surface area contributed by atoms with Gasteiger partial charge in [-0.05, 0) is 30.5 Å². The zero-order chi connectivity index (χ0) is 17.8. The van der Waals surface area contributed by atoms with Gasteiger partial charge in [-0.25, -0.2) is 0 Å². The van der Waals surface area contributed by atoms with E-state index in [0.717, 1.165) is 56.2 Å². The van der Waals surface area contributed by atoms with Crippen molar-refractivity contribution in [1.29, 1.82) is 0 Å². The standard InChI is InChI=1S/C20H28N2O4/c23-20(15-4-2-1-3-5-15)21-13-17(22-8-10-24-11-9-22)16-6-7-18-19(12-16)26-14-25-18/h6-7,12,15,17H,1-5,8-11,13-14H2,(H,21,23)/t17-/m1/s1. The molecule has 0 radical (unpaired) electrons. The van der Waals surface area contributed by atoms with Crippen LogP contribution in [0.2, 0.25) is 0 Å².